The van der Waals surface area contributed by atoms with Gasteiger partial charge in [-0.3, -0.25) is 0 Å². The summed E-state index contributed by atoms with van der Waals surface area (Å²) in [5, 5.41) is 1.13. The van der Waals surface area contributed by atoms with E-state index in [1.807, 2.05) is 6.07 Å². The second-order valence-electron chi connectivity index (χ2n) is 6.35. The molecule has 0 spiro atoms. The fourth-order valence-electron chi connectivity index (χ4n) is 2.49. The molecule has 0 saturated heterocycles. The predicted molar refractivity (Wildman–Crippen MR) is 123 cm³/mol. The Bertz CT molecular complexity index is 1270. The van der Waals surface area contributed by atoms with Crippen LogP contribution in [0.3, 0.4) is 0 Å². The highest BCUT2D eigenvalue weighted by molar-refractivity contribution is 7.90. The monoisotopic (exact) mass is 471 g/mol. The number of esters is 1. The lowest BCUT2D eigenvalue weighted by Gasteiger charge is -2.11. The third kappa shape index (κ3) is 6.59. The quantitative estimate of drug-likeness (QED) is 0.176. The molecule has 10 heteroatoms. The van der Waals surface area contributed by atoms with Crippen molar-refractivity contribution in [2.75, 3.05) is 0 Å². The largest absolute Gasteiger partial charge is 0.419 e. The molecule has 3 rings (SSSR count). The number of guanidine groups is 1. The van der Waals surface area contributed by atoms with Crippen LogP contribution in [0.2, 0.25) is 5.02 Å². The van der Waals surface area contributed by atoms with E-state index in [1.54, 1.807) is 24.3 Å². The first-order valence-electron chi connectivity index (χ1n) is 9.11. The molecule has 0 amide bonds. The van der Waals surface area contributed by atoms with Gasteiger partial charge in [0.2, 0.25) is 0 Å². The summed E-state index contributed by atoms with van der Waals surface area (Å²) in [5.41, 5.74) is 11.9. The van der Waals surface area contributed by atoms with Crippen LogP contribution in [0.1, 0.15) is 15.9 Å². The van der Waals surface area contributed by atoms with Crippen molar-refractivity contribution >= 4 is 45.4 Å². The lowest BCUT2D eigenvalue weighted by Crippen LogP contribution is -2.21. The molecule has 164 valence electrons. The van der Waals surface area contributed by atoms with Gasteiger partial charge in [0.1, 0.15) is 0 Å². The molecule has 32 heavy (non-hydrogen) atoms. The molecule has 8 nitrogen and oxygen atoms in total. The maximum atomic E-state index is 12.5. The van der Waals surface area contributed by atoms with Crippen molar-refractivity contribution in [3.05, 3.63) is 94.4 Å². The summed E-state index contributed by atoms with van der Waals surface area (Å²) in [5.74, 6) is -1.24. The van der Waals surface area contributed by atoms with E-state index in [0.29, 0.717) is 11.3 Å². The molecule has 0 fully saturated rings. The molecule has 0 unspecified atom stereocenters. The van der Waals surface area contributed by atoms with Gasteiger partial charge in [0.15, 0.2) is 17.5 Å². The Morgan fingerprint density at radius 1 is 0.938 bits per heavy atom. The number of hydrogen-bond donors (Lipinski definition) is 2. The first-order valence-corrected chi connectivity index (χ1v) is 11.0. The number of carbonyl (C=O) groups excluding carboxylic acids is 1. The molecule has 4 N–H and O–H groups in total. The van der Waals surface area contributed by atoms with Crippen molar-refractivity contribution in [2.24, 2.45) is 16.5 Å². The van der Waals surface area contributed by atoms with Crippen molar-refractivity contribution in [1.29, 1.82) is 0 Å². The van der Waals surface area contributed by atoms with Crippen molar-refractivity contribution < 1.29 is 22.1 Å². The zero-order valence-corrected chi connectivity index (χ0v) is 18.1. The van der Waals surface area contributed by atoms with Crippen molar-refractivity contribution in [1.82, 2.24) is 0 Å². The maximum absolute atomic E-state index is 12.5. The summed E-state index contributed by atoms with van der Waals surface area (Å²) in [4.78, 5) is 16.4. The van der Waals surface area contributed by atoms with E-state index in [2.05, 4.69) is 4.99 Å². The Labute approximate surface area is 189 Å². The lowest BCUT2D eigenvalue weighted by molar-refractivity contribution is 0.0731. The van der Waals surface area contributed by atoms with E-state index in [1.165, 1.54) is 48.5 Å². The van der Waals surface area contributed by atoms with Crippen LogP contribution in [0.4, 0.5) is 5.69 Å². The van der Waals surface area contributed by atoms with E-state index in [9.17, 15) is 13.2 Å². The molecule has 0 bridgehead atoms. The molecule has 0 radical (unpaired) electrons. The fourth-order valence-corrected chi connectivity index (χ4v) is 3.42. The number of nitrogens with two attached hydrogens (primary N) is 2. The van der Waals surface area contributed by atoms with Gasteiger partial charge in [-0.2, -0.15) is 8.42 Å². The minimum absolute atomic E-state index is 0.122. The van der Waals surface area contributed by atoms with Gasteiger partial charge >= 0.3 is 16.1 Å². The zero-order chi connectivity index (χ0) is 23.1. The smallest absolute Gasteiger partial charge is 0.343 e. The standard InChI is InChI=1S/C22H18ClN3O5S/c23-17-8-11-19(31-32(28,29)13-12-15-4-2-1-3-5-15)20(14-17)30-21(27)16-6-9-18(10-7-16)26-22(24)25/h1-14H,(H4,24,25,26)/b13-12+. The zero-order valence-electron chi connectivity index (χ0n) is 16.5. The predicted octanol–water partition coefficient (Wildman–Crippen LogP) is 3.84. The summed E-state index contributed by atoms with van der Waals surface area (Å²) in [6.45, 7) is 0. The van der Waals surface area contributed by atoms with Gasteiger partial charge in [0.25, 0.3) is 0 Å². The SMILES string of the molecule is NC(N)=Nc1ccc(C(=O)Oc2cc(Cl)ccc2OS(=O)(=O)/C=C/c2ccccc2)cc1. The molecule has 0 aromatic heterocycles. The van der Waals surface area contributed by atoms with Gasteiger partial charge in [0.05, 0.1) is 16.7 Å². The van der Waals surface area contributed by atoms with Gasteiger partial charge in [-0.1, -0.05) is 41.9 Å². The second kappa shape index (κ2) is 9.99. The molecule has 0 saturated carbocycles. The van der Waals surface area contributed by atoms with Gasteiger partial charge in [0, 0.05) is 11.1 Å². The molecule has 3 aromatic carbocycles. The number of carbonyl (C=O) groups is 1. The molecule has 3 aromatic rings. The van der Waals surface area contributed by atoms with Crippen LogP contribution in [-0.2, 0) is 10.1 Å². The highest BCUT2D eigenvalue weighted by Gasteiger charge is 2.17. The van der Waals surface area contributed by atoms with E-state index >= 15 is 0 Å². The molecule has 0 aliphatic carbocycles. The number of nitrogens with zero attached hydrogens (tertiary/aromatic N) is 1. The molecule has 0 atom stereocenters. The Balaban J connectivity index is 1.79. The average molecular weight is 472 g/mol. The normalized spacial score (nSPS) is 11.2. The van der Waals surface area contributed by atoms with Crippen molar-refractivity contribution in [2.45, 2.75) is 0 Å². The molecule has 0 aliphatic rings. The molecular formula is C22H18ClN3O5S. The third-order valence-electron chi connectivity index (χ3n) is 3.90. The number of benzene rings is 3. The van der Waals surface area contributed by atoms with E-state index in [-0.39, 0.29) is 28.0 Å². The Kier molecular flexibility index (Phi) is 7.14. The molecular weight excluding hydrogens is 454 g/mol. The Morgan fingerprint density at radius 3 is 2.28 bits per heavy atom. The Hall–Kier alpha value is -3.82. The van der Waals surface area contributed by atoms with E-state index < -0.39 is 16.1 Å². The third-order valence-corrected chi connectivity index (χ3v) is 5.02. The number of aliphatic imine (C=N–C) groups is 1. The lowest BCUT2D eigenvalue weighted by atomic mass is 10.2. The van der Waals surface area contributed by atoms with Gasteiger partial charge < -0.3 is 20.4 Å². The van der Waals surface area contributed by atoms with Crippen LogP contribution in [-0.4, -0.2) is 20.3 Å². The average Bonchev–Trinajstić information content (AvgIpc) is 2.75. The first kappa shape index (κ1) is 22.9. The highest BCUT2D eigenvalue weighted by atomic mass is 35.5. The minimum atomic E-state index is -4.14. The minimum Gasteiger partial charge on any atom is -0.419 e. The summed E-state index contributed by atoms with van der Waals surface area (Å²) in [7, 11) is -4.14. The van der Waals surface area contributed by atoms with Crippen LogP contribution in [0.25, 0.3) is 6.08 Å². The van der Waals surface area contributed by atoms with Crippen LogP contribution in [0, 0.1) is 0 Å². The van der Waals surface area contributed by atoms with Gasteiger partial charge in [-0.05, 0) is 48.0 Å². The number of ether oxygens (including phenoxy) is 1. The van der Waals surface area contributed by atoms with Crippen molar-refractivity contribution in [3.8, 4) is 11.5 Å². The fraction of sp³-hybridized carbons (Fsp3) is 0. The van der Waals surface area contributed by atoms with E-state index in [0.717, 1.165) is 5.41 Å². The number of hydrogen-bond acceptors (Lipinski definition) is 6. The topological polar surface area (TPSA) is 134 Å². The highest BCUT2D eigenvalue weighted by Crippen LogP contribution is 2.32. The number of rotatable bonds is 7. The van der Waals surface area contributed by atoms with Crippen molar-refractivity contribution in [3.63, 3.8) is 0 Å². The van der Waals surface area contributed by atoms with Gasteiger partial charge in [-0.25, -0.2) is 9.79 Å². The summed E-state index contributed by atoms with van der Waals surface area (Å²) < 4.78 is 35.2. The molecule has 0 heterocycles. The number of halogens is 1. The maximum Gasteiger partial charge on any atom is 0.343 e. The summed E-state index contributed by atoms with van der Waals surface area (Å²) >= 11 is 5.98. The second-order valence-corrected chi connectivity index (χ2v) is 8.21. The molecule has 0 aliphatic heterocycles. The van der Waals surface area contributed by atoms with Crippen LogP contribution in [0.15, 0.2) is 83.2 Å². The summed E-state index contributed by atoms with van der Waals surface area (Å²) in [6, 6.07) is 18.7. The van der Waals surface area contributed by atoms with E-state index in [4.69, 9.17) is 32.0 Å². The van der Waals surface area contributed by atoms with Crippen LogP contribution in [0.5, 0.6) is 11.5 Å². The summed E-state index contributed by atoms with van der Waals surface area (Å²) in [6.07, 6.45) is 1.38. The van der Waals surface area contributed by atoms with Crippen LogP contribution < -0.4 is 20.4 Å². The Morgan fingerprint density at radius 2 is 1.62 bits per heavy atom. The first-order chi connectivity index (χ1) is 15.2. The van der Waals surface area contributed by atoms with Crippen LogP contribution >= 0.6 is 11.6 Å². The van der Waals surface area contributed by atoms with Gasteiger partial charge in [-0.15, -0.1) is 0 Å².